The van der Waals surface area contributed by atoms with Gasteiger partial charge in [-0.2, -0.15) is 5.10 Å². The first-order valence-corrected chi connectivity index (χ1v) is 11.1. The van der Waals surface area contributed by atoms with Gasteiger partial charge < -0.3 is 19.7 Å². The van der Waals surface area contributed by atoms with E-state index < -0.39 is 11.9 Å². The molecule has 1 N–H and O–H groups in total. The molecule has 0 spiro atoms. The van der Waals surface area contributed by atoms with Crippen molar-refractivity contribution in [3.05, 3.63) is 75.8 Å². The summed E-state index contributed by atoms with van der Waals surface area (Å²) in [6.07, 6.45) is 0. The number of ether oxygens (including phenoxy) is 2. The normalized spacial score (nSPS) is 13.6. The van der Waals surface area contributed by atoms with E-state index in [2.05, 4.69) is 15.3 Å². The molecule has 0 saturated carbocycles. The lowest BCUT2D eigenvalue weighted by Crippen LogP contribution is -2.36. The van der Waals surface area contributed by atoms with Crippen molar-refractivity contribution in [1.82, 2.24) is 9.78 Å². The molecule has 2 aromatic carbocycles. The third kappa shape index (κ3) is 5.05. The van der Waals surface area contributed by atoms with Crippen LogP contribution in [0.1, 0.15) is 32.0 Å². The average molecular weight is 487 g/mol. The van der Waals surface area contributed by atoms with E-state index in [4.69, 9.17) is 21.1 Å². The monoisotopic (exact) mass is 486 g/mol. The van der Waals surface area contributed by atoms with Crippen molar-refractivity contribution in [2.75, 3.05) is 43.6 Å². The lowest BCUT2D eigenvalue weighted by molar-refractivity contribution is 0.0602. The molecule has 1 saturated heterocycles. The van der Waals surface area contributed by atoms with Crippen LogP contribution < -0.4 is 10.2 Å². The van der Waals surface area contributed by atoms with Crippen LogP contribution in [0.4, 0.5) is 15.8 Å². The second-order valence-electron chi connectivity index (χ2n) is 7.81. The fraction of sp³-hybridized carbons (Fsp3) is 0.292. The van der Waals surface area contributed by atoms with E-state index in [1.165, 1.54) is 23.9 Å². The van der Waals surface area contributed by atoms with Crippen LogP contribution in [-0.4, -0.2) is 55.1 Å². The maximum atomic E-state index is 13.2. The highest BCUT2D eigenvalue weighted by molar-refractivity contribution is 6.33. The van der Waals surface area contributed by atoms with Gasteiger partial charge in [0.1, 0.15) is 11.0 Å². The van der Waals surface area contributed by atoms with E-state index >= 15 is 0 Å². The third-order valence-electron chi connectivity index (χ3n) is 5.57. The number of benzene rings is 2. The largest absolute Gasteiger partial charge is 0.465 e. The van der Waals surface area contributed by atoms with E-state index in [1.807, 2.05) is 6.07 Å². The second kappa shape index (κ2) is 10.2. The SMILES string of the molecule is COC(=O)c1cc(N2CCOCC2)ccc1NC(=O)c1c(C)nn(Cc2ccc(F)cc2)c1Cl. The molecule has 1 aliphatic heterocycles. The van der Waals surface area contributed by atoms with Crippen LogP contribution in [0.25, 0.3) is 0 Å². The number of morpholine rings is 1. The summed E-state index contributed by atoms with van der Waals surface area (Å²) in [4.78, 5) is 27.7. The molecule has 0 unspecified atom stereocenters. The summed E-state index contributed by atoms with van der Waals surface area (Å²) in [7, 11) is 1.29. The van der Waals surface area contributed by atoms with Gasteiger partial charge in [-0.25, -0.2) is 13.9 Å². The molecule has 10 heteroatoms. The Morgan fingerprint density at radius 2 is 1.88 bits per heavy atom. The van der Waals surface area contributed by atoms with E-state index in [0.717, 1.165) is 11.3 Å². The summed E-state index contributed by atoms with van der Waals surface area (Å²) >= 11 is 6.48. The molecular weight excluding hydrogens is 463 g/mol. The van der Waals surface area contributed by atoms with Crippen molar-refractivity contribution in [1.29, 1.82) is 0 Å². The standard InChI is InChI=1S/C24H24ClFN4O4/c1-15-21(22(25)30(28-15)14-16-3-5-17(26)6-4-16)23(31)27-20-8-7-18(13-19(20)24(32)33-2)29-9-11-34-12-10-29/h3-8,13H,9-12,14H2,1-2H3,(H,27,31). The zero-order chi connectivity index (χ0) is 24.2. The van der Waals surface area contributed by atoms with Gasteiger partial charge in [0.05, 0.1) is 49.4 Å². The molecule has 1 aromatic heterocycles. The first kappa shape index (κ1) is 23.7. The minimum Gasteiger partial charge on any atom is -0.465 e. The molecule has 1 aliphatic rings. The molecule has 2 heterocycles. The van der Waals surface area contributed by atoms with Crippen LogP contribution in [0.2, 0.25) is 5.15 Å². The summed E-state index contributed by atoms with van der Waals surface area (Å²) < 4.78 is 25.0. The number of hydrogen-bond acceptors (Lipinski definition) is 6. The molecule has 0 atom stereocenters. The van der Waals surface area contributed by atoms with Gasteiger partial charge in [0.2, 0.25) is 0 Å². The van der Waals surface area contributed by atoms with Gasteiger partial charge in [0.25, 0.3) is 5.91 Å². The summed E-state index contributed by atoms with van der Waals surface area (Å²) in [5.74, 6) is -1.41. The molecular formula is C24H24ClFN4O4. The molecule has 34 heavy (non-hydrogen) atoms. The van der Waals surface area contributed by atoms with Crippen molar-refractivity contribution in [2.24, 2.45) is 0 Å². The van der Waals surface area contributed by atoms with E-state index in [-0.39, 0.29) is 28.6 Å². The first-order valence-electron chi connectivity index (χ1n) is 10.7. The molecule has 1 amide bonds. The van der Waals surface area contributed by atoms with Crippen LogP contribution in [-0.2, 0) is 16.0 Å². The third-order valence-corrected chi connectivity index (χ3v) is 5.96. The number of rotatable bonds is 6. The van der Waals surface area contributed by atoms with E-state index in [1.54, 1.807) is 31.2 Å². The number of carbonyl (C=O) groups is 2. The molecule has 178 valence electrons. The number of carbonyl (C=O) groups excluding carboxylic acids is 2. The lowest BCUT2D eigenvalue weighted by atomic mass is 10.1. The number of hydrogen-bond donors (Lipinski definition) is 1. The average Bonchev–Trinajstić information content (AvgIpc) is 3.13. The number of methoxy groups -OCH3 is 1. The van der Waals surface area contributed by atoms with Gasteiger partial charge in [0, 0.05) is 18.8 Å². The van der Waals surface area contributed by atoms with Crippen molar-refractivity contribution < 1.29 is 23.5 Å². The van der Waals surface area contributed by atoms with Crippen LogP contribution in [0.5, 0.6) is 0 Å². The highest BCUT2D eigenvalue weighted by Gasteiger charge is 2.23. The van der Waals surface area contributed by atoms with Crippen molar-refractivity contribution >= 4 is 34.9 Å². The zero-order valence-corrected chi connectivity index (χ0v) is 19.6. The van der Waals surface area contributed by atoms with Crippen molar-refractivity contribution in [2.45, 2.75) is 13.5 Å². The van der Waals surface area contributed by atoms with Crippen LogP contribution in [0.3, 0.4) is 0 Å². The highest BCUT2D eigenvalue weighted by Crippen LogP contribution is 2.27. The summed E-state index contributed by atoms with van der Waals surface area (Å²) in [5, 5.41) is 7.27. The van der Waals surface area contributed by atoms with E-state index in [9.17, 15) is 14.0 Å². The lowest BCUT2D eigenvalue weighted by Gasteiger charge is -2.29. The highest BCUT2D eigenvalue weighted by atomic mass is 35.5. The zero-order valence-electron chi connectivity index (χ0n) is 18.8. The number of nitrogens with zero attached hydrogens (tertiary/aromatic N) is 3. The second-order valence-corrected chi connectivity index (χ2v) is 8.17. The molecule has 0 bridgehead atoms. The topological polar surface area (TPSA) is 85.7 Å². The van der Waals surface area contributed by atoms with Gasteiger partial charge in [-0.15, -0.1) is 0 Å². The van der Waals surface area contributed by atoms with Gasteiger partial charge in [0.15, 0.2) is 0 Å². The van der Waals surface area contributed by atoms with E-state index in [0.29, 0.717) is 37.7 Å². The number of aromatic nitrogens is 2. The maximum absolute atomic E-state index is 13.2. The molecule has 8 nitrogen and oxygen atoms in total. The minimum atomic E-state index is -0.569. The quantitative estimate of drug-likeness (QED) is 0.532. The summed E-state index contributed by atoms with van der Waals surface area (Å²) in [6, 6.07) is 11.1. The van der Waals surface area contributed by atoms with Gasteiger partial charge in [-0.3, -0.25) is 4.79 Å². The molecule has 4 rings (SSSR count). The Hall–Kier alpha value is -3.43. The maximum Gasteiger partial charge on any atom is 0.340 e. The van der Waals surface area contributed by atoms with Gasteiger partial charge >= 0.3 is 5.97 Å². The van der Waals surface area contributed by atoms with Gasteiger partial charge in [-0.05, 0) is 42.8 Å². The summed E-state index contributed by atoms with van der Waals surface area (Å²) in [5.41, 5.74) is 2.77. The van der Waals surface area contributed by atoms with Crippen LogP contribution in [0.15, 0.2) is 42.5 Å². The van der Waals surface area contributed by atoms with Crippen molar-refractivity contribution in [3.63, 3.8) is 0 Å². The Bertz CT molecular complexity index is 1210. The van der Waals surface area contributed by atoms with Crippen LogP contribution >= 0.6 is 11.6 Å². The Morgan fingerprint density at radius 3 is 2.56 bits per heavy atom. The van der Waals surface area contributed by atoms with Gasteiger partial charge in [-0.1, -0.05) is 23.7 Å². The minimum absolute atomic E-state index is 0.142. The predicted molar refractivity (Wildman–Crippen MR) is 126 cm³/mol. The molecule has 3 aromatic rings. The summed E-state index contributed by atoms with van der Waals surface area (Å²) in [6.45, 7) is 4.56. The number of anilines is 2. The Balaban J connectivity index is 1.58. The fourth-order valence-corrected chi connectivity index (χ4v) is 4.12. The first-order chi connectivity index (χ1) is 16.4. The number of aryl methyl sites for hydroxylation is 1. The fourth-order valence-electron chi connectivity index (χ4n) is 3.80. The number of nitrogens with one attached hydrogen (secondary N) is 1. The number of esters is 1. The Kier molecular flexibility index (Phi) is 7.14. The van der Waals surface area contributed by atoms with Crippen LogP contribution in [0, 0.1) is 12.7 Å². The number of amides is 1. The predicted octanol–water partition coefficient (Wildman–Crippen LogP) is 3.91. The van der Waals surface area contributed by atoms with Crippen molar-refractivity contribution in [3.8, 4) is 0 Å². The smallest absolute Gasteiger partial charge is 0.340 e. The molecule has 1 fully saturated rings. The molecule has 0 aliphatic carbocycles. The Labute approximate surface area is 201 Å². The Morgan fingerprint density at radius 1 is 1.18 bits per heavy atom. The molecule has 0 radical (unpaired) electrons. The number of halogens is 2.